The molecule has 0 aromatic carbocycles. The number of hydrogen-bond donors (Lipinski definition) is 3. The van der Waals surface area contributed by atoms with Crippen molar-refractivity contribution < 1.29 is 37.3 Å². The number of hydrogen-bond acceptors (Lipinski definition) is 3. The smallest absolute Gasteiger partial charge is 0.471 e. The first kappa shape index (κ1) is 14.9. The molecule has 0 aliphatic carbocycles. The number of carboxylic acid groups (broad SMARTS) is 1. The van der Waals surface area contributed by atoms with Crippen LogP contribution in [0.25, 0.3) is 0 Å². The molecular weight excluding hydrogens is 254 g/mol. The minimum Gasteiger partial charge on any atom is -0.480 e. The Hall–Kier alpha value is -1.08. The summed E-state index contributed by atoms with van der Waals surface area (Å²) in [7, 11) is -3.85. The van der Waals surface area contributed by atoms with Gasteiger partial charge in [-0.1, -0.05) is 0 Å². The van der Waals surface area contributed by atoms with E-state index < -0.39 is 37.6 Å². The molecule has 16 heavy (non-hydrogen) atoms. The summed E-state index contributed by atoms with van der Waals surface area (Å²) in [5, 5.41) is 9.55. The molecule has 0 saturated carbocycles. The summed E-state index contributed by atoms with van der Waals surface area (Å²) in [6, 6.07) is -2.05. The van der Waals surface area contributed by atoms with Gasteiger partial charge in [0.05, 0.1) is 6.16 Å². The van der Waals surface area contributed by atoms with Gasteiger partial charge in [0.1, 0.15) is 6.04 Å². The van der Waals surface area contributed by atoms with Crippen LogP contribution >= 0.6 is 7.37 Å². The Morgan fingerprint density at radius 3 is 2.12 bits per heavy atom. The average Bonchev–Trinajstić information content (AvgIpc) is 1.98. The zero-order valence-electron chi connectivity index (χ0n) is 7.98. The first-order valence-electron chi connectivity index (χ1n) is 3.83. The van der Waals surface area contributed by atoms with Gasteiger partial charge in [-0.05, 0) is 0 Å². The number of carboxylic acids is 1. The highest BCUT2D eigenvalue weighted by Gasteiger charge is 2.41. The number of amides is 1. The summed E-state index contributed by atoms with van der Waals surface area (Å²) < 4.78 is 46.1. The molecule has 0 heterocycles. The first-order valence-corrected chi connectivity index (χ1v) is 6.12. The Bertz CT molecular complexity index is 336. The van der Waals surface area contributed by atoms with Crippen LogP contribution < -0.4 is 5.32 Å². The lowest BCUT2D eigenvalue weighted by Crippen LogP contribution is -2.48. The lowest BCUT2D eigenvalue weighted by atomic mass is 10.3. The van der Waals surface area contributed by atoms with E-state index >= 15 is 0 Å². The first-order chi connectivity index (χ1) is 6.93. The van der Waals surface area contributed by atoms with Crippen molar-refractivity contribution in [1.29, 1.82) is 0 Å². The molecule has 1 amide bonds. The second kappa shape index (κ2) is 4.84. The van der Waals surface area contributed by atoms with Crippen LogP contribution in [0.4, 0.5) is 13.2 Å². The summed E-state index contributed by atoms with van der Waals surface area (Å²) in [5.74, 6) is -4.28. The molecule has 0 fully saturated rings. The lowest BCUT2D eigenvalue weighted by Gasteiger charge is -2.16. The second-order valence-corrected chi connectivity index (χ2v) is 5.56. The van der Waals surface area contributed by atoms with E-state index in [9.17, 15) is 27.3 Å². The fourth-order valence-electron chi connectivity index (χ4n) is 0.764. The van der Waals surface area contributed by atoms with E-state index in [2.05, 4.69) is 0 Å². The molecular formula is C6H9F3NO5P. The van der Waals surface area contributed by atoms with Crippen molar-refractivity contribution in [3.8, 4) is 0 Å². The van der Waals surface area contributed by atoms with Crippen molar-refractivity contribution in [3.05, 3.63) is 0 Å². The second-order valence-electron chi connectivity index (χ2n) is 3.10. The molecule has 0 radical (unpaired) electrons. The summed E-state index contributed by atoms with van der Waals surface area (Å²) in [5.41, 5.74) is 0. The molecule has 0 bridgehead atoms. The molecule has 0 spiro atoms. The minimum absolute atomic E-state index is 0.780. The van der Waals surface area contributed by atoms with Gasteiger partial charge < -0.3 is 15.3 Å². The monoisotopic (exact) mass is 263 g/mol. The zero-order valence-corrected chi connectivity index (χ0v) is 8.88. The van der Waals surface area contributed by atoms with E-state index in [0.29, 0.717) is 0 Å². The van der Waals surface area contributed by atoms with E-state index in [1.807, 2.05) is 0 Å². The topological polar surface area (TPSA) is 104 Å². The van der Waals surface area contributed by atoms with Crippen molar-refractivity contribution in [3.63, 3.8) is 0 Å². The number of alkyl halides is 3. The van der Waals surface area contributed by atoms with Gasteiger partial charge in [0.25, 0.3) is 0 Å². The number of carbonyl (C=O) groups excluding carboxylic acids is 1. The maximum atomic E-state index is 11.8. The fourth-order valence-corrected chi connectivity index (χ4v) is 1.69. The SMILES string of the molecule is CP(=O)(O)CC(NC(=O)C(F)(F)F)C(=O)O. The van der Waals surface area contributed by atoms with Crippen molar-refractivity contribution in [2.75, 3.05) is 12.8 Å². The predicted octanol–water partition coefficient (Wildman–Crippen LogP) is 0.0183. The van der Waals surface area contributed by atoms with E-state index in [1.165, 1.54) is 0 Å². The highest BCUT2D eigenvalue weighted by molar-refractivity contribution is 7.57. The number of rotatable bonds is 4. The van der Waals surface area contributed by atoms with Gasteiger partial charge in [-0.3, -0.25) is 9.36 Å². The third-order valence-corrected chi connectivity index (χ3v) is 2.42. The van der Waals surface area contributed by atoms with E-state index in [1.54, 1.807) is 0 Å². The van der Waals surface area contributed by atoms with Crippen LogP contribution in [-0.2, 0) is 14.2 Å². The largest absolute Gasteiger partial charge is 0.480 e. The maximum Gasteiger partial charge on any atom is 0.471 e. The Morgan fingerprint density at radius 1 is 1.44 bits per heavy atom. The summed E-state index contributed by atoms with van der Waals surface area (Å²) in [4.78, 5) is 29.6. The minimum atomic E-state index is -5.24. The summed E-state index contributed by atoms with van der Waals surface area (Å²) in [6.45, 7) is 0.780. The quantitative estimate of drug-likeness (QED) is 0.620. The zero-order chi connectivity index (χ0) is 13.1. The molecule has 0 rings (SSSR count). The van der Waals surface area contributed by atoms with Gasteiger partial charge in [0.2, 0.25) is 0 Å². The molecule has 0 aromatic rings. The summed E-state index contributed by atoms with van der Waals surface area (Å²) in [6.07, 6.45) is -6.20. The van der Waals surface area contributed by atoms with Crippen molar-refractivity contribution in [1.82, 2.24) is 5.32 Å². The molecule has 2 unspecified atom stereocenters. The molecule has 0 aliphatic heterocycles. The van der Waals surface area contributed by atoms with Gasteiger partial charge in [0.15, 0.2) is 7.37 Å². The Morgan fingerprint density at radius 2 is 1.88 bits per heavy atom. The van der Waals surface area contributed by atoms with Crippen LogP contribution in [0.5, 0.6) is 0 Å². The number of halogens is 3. The number of nitrogens with one attached hydrogen (secondary N) is 1. The van der Waals surface area contributed by atoms with Gasteiger partial charge in [-0.15, -0.1) is 0 Å². The van der Waals surface area contributed by atoms with Crippen molar-refractivity contribution >= 4 is 19.2 Å². The molecule has 0 saturated heterocycles. The maximum absolute atomic E-state index is 11.8. The molecule has 0 aromatic heterocycles. The molecule has 6 nitrogen and oxygen atoms in total. The van der Waals surface area contributed by atoms with Crippen LogP contribution in [0.2, 0.25) is 0 Å². The fraction of sp³-hybridized carbons (Fsp3) is 0.667. The van der Waals surface area contributed by atoms with Crippen LogP contribution in [0, 0.1) is 0 Å². The van der Waals surface area contributed by atoms with Gasteiger partial charge in [-0.25, -0.2) is 4.79 Å². The van der Waals surface area contributed by atoms with E-state index in [0.717, 1.165) is 12.0 Å². The predicted molar refractivity (Wildman–Crippen MR) is 46.2 cm³/mol. The van der Waals surface area contributed by atoms with E-state index in [-0.39, 0.29) is 0 Å². The number of carbonyl (C=O) groups is 2. The Kier molecular flexibility index (Phi) is 4.51. The Labute approximate surface area is 87.9 Å². The number of aliphatic carboxylic acids is 1. The summed E-state index contributed by atoms with van der Waals surface area (Å²) >= 11 is 0. The highest BCUT2D eigenvalue weighted by atomic mass is 31.2. The molecule has 3 N–H and O–H groups in total. The van der Waals surface area contributed by atoms with Gasteiger partial charge in [0, 0.05) is 6.66 Å². The average molecular weight is 263 g/mol. The third kappa shape index (κ3) is 5.72. The standard InChI is InChI=1S/C6H9F3NO5P/c1-16(14,15)2-3(4(11)12)10-5(13)6(7,8)9/h3H,2H2,1H3,(H,10,13)(H,11,12)(H,14,15). The normalized spacial score (nSPS) is 17.3. The lowest BCUT2D eigenvalue weighted by molar-refractivity contribution is -0.175. The van der Waals surface area contributed by atoms with Crippen molar-refractivity contribution in [2.45, 2.75) is 12.2 Å². The molecule has 94 valence electrons. The highest BCUT2D eigenvalue weighted by Crippen LogP contribution is 2.35. The van der Waals surface area contributed by atoms with Crippen LogP contribution in [0.15, 0.2) is 0 Å². The van der Waals surface area contributed by atoms with Crippen LogP contribution in [0.1, 0.15) is 0 Å². The molecule has 0 aliphatic rings. The van der Waals surface area contributed by atoms with E-state index in [4.69, 9.17) is 10.00 Å². The van der Waals surface area contributed by atoms with Crippen molar-refractivity contribution in [2.24, 2.45) is 0 Å². The van der Waals surface area contributed by atoms with Crippen LogP contribution in [-0.4, -0.2) is 46.9 Å². The van der Waals surface area contributed by atoms with Crippen LogP contribution in [0.3, 0.4) is 0 Å². The van der Waals surface area contributed by atoms with Gasteiger partial charge in [-0.2, -0.15) is 13.2 Å². The Balaban J connectivity index is 4.67. The molecule has 10 heteroatoms. The third-order valence-electron chi connectivity index (χ3n) is 1.38. The molecule has 2 atom stereocenters. The van der Waals surface area contributed by atoms with Gasteiger partial charge >= 0.3 is 18.1 Å².